The van der Waals surface area contributed by atoms with Gasteiger partial charge in [-0.15, -0.1) is 0 Å². The van der Waals surface area contributed by atoms with Crippen molar-refractivity contribution in [3.05, 3.63) is 57.7 Å². The molecule has 0 aliphatic rings. The van der Waals surface area contributed by atoms with Crippen LogP contribution in [0.1, 0.15) is 5.56 Å². The van der Waals surface area contributed by atoms with E-state index in [1.807, 2.05) is 36.4 Å². The lowest BCUT2D eigenvalue weighted by molar-refractivity contribution is -0.127. The maximum absolute atomic E-state index is 11.8. The molecule has 25 heavy (non-hydrogen) atoms. The number of hydrogen-bond donors (Lipinski definition) is 2. The molecule has 0 atom stereocenters. The zero-order valence-corrected chi connectivity index (χ0v) is 15.9. The molecule has 0 aliphatic carbocycles. The Morgan fingerprint density at radius 2 is 1.56 bits per heavy atom. The van der Waals surface area contributed by atoms with Crippen LogP contribution in [0.15, 0.2) is 48.5 Å². The minimum atomic E-state index is -0.349. The SMILES string of the molecule is COc1ccc(CNC(=O)CNC(=O)COc2ccc(I)cc2)cc1. The summed E-state index contributed by atoms with van der Waals surface area (Å²) in [6.45, 7) is 0.162. The summed E-state index contributed by atoms with van der Waals surface area (Å²) in [5.74, 6) is 0.756. The Bertz CT molecular complexity index is 702. The minimum absolute atomic E-state index is 0.0922. The van der Waals surface area contributed by atoms with Crippen molar-refractivity contribution in [3.63, 3.8) is 0 Å². The molecule has 7 heteroatoms. The molecule has 2 aromatic rings. The second-order valence-electron chi connectivity index (χ2n) is 5.14. The highest BCUT2D eigenvalue weighted by molar-refractivity contribution is 14.1. The first-order valence-corrected chi connectivity index (χ1v) is 8.69. The molecule has 0 aliphatic heterocycles. The van der Waals surface area contributed by atoms with Crippen LogP contribution in [0, 0.1) is 3.57 Å². The van der Waals surface area contributed by atoms with E-state index in [4.69, 9.17) is 9.47 Å². The summed E-state index contributed by atoms with van der Waals surface area (Å²) in [6, 6.07) is 14.7. The van der Waals surface area contributed by atoms with Crippen LogP contribution in [0.25, 0.3) is 0 Å². The van der Waals surface area contributed by atoms with E-state index in [1.165, 1.54) is 0 Å². The average Bonchev–Trinajstić information content (AvgIpc) is 2.64. The molecule has 0 fully saturated rings. The first kappa shape index (κ1) is 19.0. The highest BCUT2D eigenvalue weighted by Gasteiger charge is 2.06. The van der Waals surface area contributed by atoms with Crippen LogP contribution in [0.5, 0.6) is 11.5 Å². The van der Waals surface area contributed by atoms with Gasteiger partial charge in [0.15, 0.2) is 6.61 Å². The number of carbonyl (C=O) groups is 2. The van der Waals surface area contributed by atoms with Gasteiger partial charge in [0.1, 0.15) is 11.5 Å². The van der Waals surface area contributed by atoms with Crippen molar-refractivity contribution in [2.45, 2.75) is 6.54 Å². The normalized spacial score (nSPS) is 10.0. The number of methoxy groups -OCH3 is 1. The highest BCUT2D eigenvalue weighted by atomic mass is 127. The maximum atomic E-state index is 11.8. The summed E-state index contributed by atoms with van der Waals surface area (Å²) in [5, 5.41) is 5.26. The Labute approximate surface area is 160 Å². The summed E-state index contributed by atoms with van der Waals surface area (Å²) >= 11 is 2.19. The third kappa shape index (κ3) is 7.00. The van der Waals surface area contributed by atoms with E-state index in [0.29, 0.717) is 12.3 Å². The first-order valence-electron chi connectivity index (χ1n) is 7.61. The summed E-state index contributed by atoms with van der Waals surface area (Å²) in [4.78, 5) is 23.5. The lowest BCUT2D eigenvalue weighted by Crippen LogP contribution is -2.38. The van der Waals surface area contributed by atoms with Gasteiger partial charge in [-0.1, -0.05) is 12.1 Å². The number of nitrogens with one attached hydrogen (secondary N) is 2. The Morgan fingerprint density at radius 3 is 2.20 bits per heavy atom. The predicted octanol–water partition coefficient (Wildman–Crippen LogP) is 2.11. The van der Waals surface area contributed by atoms with Gasteiger partial charge in [-0.2, -0.15) is 0 Å². The lowest BCUT2D eigenvalue weighted by atomic mass is 10.2. The molecular formula is C18H19IN2O4. The largest absolute Gasteiger partial charge is 0.497 e. The molecule has 0 bridgehead atoms. The van der Waals surface area contributed by atoms with Crippen LogP contribution >= 0.6 is 22.6 Å². The zero-order chi connectivity index (χ0) is 18.1. The molecule has 0 heterocycles. The molecule has 2 N–H and O–H groups in total. The second-order valence-corrected chi connectivity index (χ2v) is 6.39. The molecule has 2 aromatic carbocycles. The van der Waals surface area contributed by atoms with Crippen LogP contribution in [0.2, 0.25) is 0 Å². The monoisotopic (exact) mass is 454 g/mol. The molecule has 6 nitrogen and oxygen atoms in total. The molecular weight excluding hydrogens is 435 g/mol. The van der Waals surface area contributed by atoms with Gasteiger partial charge < -0.3 is 20.1 Å². The fourth-order valence-electron chi connectivity index (χ4n) is 1.92. The van der Waals surface area contributed by atoms with E-state index in [0.717, 1.165) is 14.9 Å². The number of benzene rings is 2. The summed E-state index contributed by atoms with van der Waals surface area (Å²) in [5.41, 5.74) is 0.947. The van der Waals surface area contributed by atoms with Crippen molar-refractivity contribution in [2.24, 2.45) is 0 Å². The fraction of sp³-hybridized carbons (Fsp3) is 0.222. The van der Waals surface area contributed by atoms with Crippen LogP contribution < -0.4 is 20.1 Å². The Morgan fingerprint density at radius 1 is 0.920 bits per heavy atom. The number of hydrogen-bond acceptors (Lipinski definition) is 4. The van der Waals surface area contributed by atoms with Crippen LogP contribution in [-0.4, -0.2) is 32.1 Å². The summed E-state index contributed by atoms with van der Waals surface area (Å²) in [6.07, 6.45) is 0. The topological polar surface area (TPSA) is 76.7 Å². The number of carbonyl (C=O) groups excluding carboxylic acids is 2. The van der Waals surface area contributed by atoms with Crippen molar-refractivity contribution in [1.82, 2.24) is 10.6 Å². The second kappa shape index (κ2) is 9.87. The Balaban J connectivity index is 1.64. The molecule has 0 spiro atoms. The molecule has 0 radical (unpaired) electrons. The number of ether oxygens (including phenoxy) is 2. The van der Waals surface area contributed by atoms with Crippen molar-refractivity contribution in [2.75, 3.05) is 20.3 Å². The standard InChI is InChI=1S/C18H19IN2O4/c1-24-15-6-2-13(3-7-15)10-20-17(22)11-21-18(23)12-25-16-8-4-14(19)5-9-16/h2-9H,10-12H2,1H3,(H,20,22)(H,21,23). The molecule has 0 unspecified atom stereocenters. The molecule has 0 aromatic heterocycles. The lowest BCUT2D eigenvalue weighted by Gasteiger charge is -2.09. The van der Waals surface area contributed by atoms with Crippen LogP contribution in [-0.2, 0) is 16.1 Å². The smallest absolute Gasteiger partial charge is 0.258 e. The zero-order valence-electron chi connectivity index (χ0n) is 13.8. The number of halogens is 1. The Hall–Kier alpha value is -2.29. The average molecular weight is 454 g/mol. The Kier molecular flexibility index (Phi) is 7.52. The molecule has 0 saturated heterocycles. The predicted molar refractivity (Wildman–Crippen MR) is 103 cm³/mol. The van der Waals surface area contributed by atoms with Gasteiger partial charge in [0.05, 0.1) is 13.7 Å². The van der Waals surface area contributed by atoms with Crippen molar-refractivity contribution in [1.29, 1.82) is 0 Å². The van der Waals surface area contributed by atoms with E-state index in [2.05, 4.69) is 33.2 Å². The van der Waals surface area contributed by atoms with Gasteiger partial charge in [-0.25, -0.2) is 0 Å². The van der Waals surface area contributed by atoms with Gasteiger partial charge >= 0.3 is 0 Å². The van der Waals surface area contributed by atoms with E-state index in [9.17, 15) is 9.59 Å². The molecule has 132 valence electrons. The van der Waals surface area contributed by atoms with E-state index in [1.54, 1.807) is 19.2 Å². The van der Waals surface area contributed by atoms with E-state index in [-0.39, 0.29) is 25.0 Å². The van der Waals surface area contributed by atoms with Crippen molar-refractivity contribution >= 4 is 34.4 Å². The van der Waals surface area contributed by atoms with Gasteiger partial charge in [0.2, 0.25) is 5.91 Å². The fourth-order valence-corrected chi connectivity index (χ4v) is 2.28. The third-order valence-electron chi connectivity index (χ3n) is 3.28. The minimum Gasteiger partial charge on any atom is -0.497 e. The number of rotatable bonds is 8. The van der Waals surface area contributed by atoms with Crippen LogP contribution in [0.4, 0.5) is 0 Å². The van der Waals surface area contributed by atoms with Gasteiger partial charge in [-0.3, -0.25) is 9.59 Å². The molecule has 2 amide bonds. The summed E-state index contributed by atoms with van der Waals surface area (Å²) < 4.78 is 11.5. The maximum Gasteiger partial charge on any atom is 0.258 e. The van der Waals surface area contributed by atoms with Gasteiger partial charge in [0, 0.05) is 10.1 Å². The molecule has 2 rings (SSSR count). The highest BCUT2D eigenvalue weighted by Crippen LogP contribution is 2.13. The summed E-state index contributed by atoms with van der Waals surface area (Å²) in [7, 11) is 1.60. The first-order chi connectivity index (χ1) is 12.1. The molecule has 0 saturated carbocycles. The van der Waals surface area contributed by atoms with Gasteiger partial charge in [0.25, 0.3) is 5.91 Å². The number of amides is 2. The van der Waals surface area contributed by atoms with Crippen molar-refractivity contribution < 1.29 is 19.1 Å². The van der Waals surface area contributed by atoms with Crippen LogP contribution in [0.3, 0.4) is 0 Å². The third-order valence-corrected chi connectivity index (χ3v) is 4.00. The van der Waals surface area contributed by atoms with Gasteiger partial charge in [-0.05, 0) is 64.6 Å². The van der Waals surface area contributed by atoms with E-state index >= 15 is 0 Å². The quantitative estimate of drug-likeness (QED) is 0.600. The van der Waals surface area contributed by atoms with E-state index < -0.39 is 0 Å². The van der Waals surface area contributed by atoms with Crippen molar-refractivity contribution in [3.8, 4) is 11.5 Å².